The highest BCUT2D eigenvalue weighted by molar-refractivity contribution is 7.20. The third kappa shape index (κ3) is 6.03. The molecule has 3 aromatic carbocycles. The van der Waals surface area contributed by atoms with E-state index >= 15 is 0 Å². The Morgan fingerprint density at radius 2 is 1.60 bits per heavy atom. The molecule has 0 saturated heterocycles. The number of rotatable bonds is 8. The van der Waals surface area contributed by atoms with Crippen LogP contribution >= 0.6 is 34.5 Å². The highest BCUT2D eigenvalue weighted by Crippen LogP contribution is 2.37. The molecule has 1 aromatic heterocycles. The van der Waals surface area contributed by atoms with Crippen LogP contribution in [0.2, 0.25) is 10.0 Å². The number of thiophene rings is 1. The Kier molecular flexibility index (Phi) is 8.08. The van der Waals surface area contributed by atoms with Gasteiger partial charge in [0.15, 0.2) is 0 Å². The molecule has 0 bridgehead atoms. The molecule has 0 fully saturated rings. The SMILES string of the molecule is CCOC(=O)c1cc(-c2ccc(OCc3c(Cl)cccc3Cl)cc2)sc1NC(=O)c1ccccc1. The van der Waals surface area contributed by atoms with E-state index in [1.807, 2.05) is 30.3 Å². The second-order valence-corrected chi connectivity index (χ2v) is 9.27. The topological polar surface area (TPSA) is 64.6 Å². The molecular weight excluding hydrogens is 505 g/mol. The van der Waals surface area contributed by atoms with Crippen molar-refractivity contribution in [3.8, 4) is 16.2 Å². The molecule has 8 heteroatoms. The van der Waals surface area contributed by atoms with E-state index in [0.29, 0.717) is 31.9 Å². The van der Waals surface area contributed by atoms with Crippen LogP contribution in [0.25, 0.3) is 10.4 Å². The van der Waals surface area contributed by atoms with Crippen molar-refractivity contribution in [1.82, 2.24) is 0 Å². The van der Waals surface area contributed by atoms with E-state index in [4.69, 9.17) is 32.7 Å². The summed E-state index contributed by atoms with van der Waals surface area (Å²) < 4.78 is 11.0. The minimum absolute atomic E-state index is 0.234. The highest BCUT2D eigenvalue weighted by atomic mass is 35.5. The van der Waals surface area contributed by atoms with Crippen LogP contribution in [-0.2, 0) is 11.3 Å². The van der Waals surface area contributed by atoms with Crippen molar-refractivity contribution in [2.75, 3.05) is 11.9 Å². The summed E-state index contributed by atoms with van der Waals surface area (Å²) in [6, 6.07) is 23.3. The molecule has 4 rings (SSSR count). The molecule has 4 aromatic rings. The maximum absolute atomic E-state index is 12.7. The maximum Gasteiger partial charge on any atom is 0.341 e. The number of carbonyl (C=O) groups is 2. The molecule has 0 unspecified atom stereocenters. The van der Waals surface area contributed by atoms with Gasteiger partial charge in [0.05, 0.1) is 12.2 Å². The van der Waals surface area contributed by atoms with Crippen molar-refractivity contribution >= 4 is 51.4 Å². The van der Waals surface area contributed by atoms with Crippen LogP contribution in [0, 0.1) is 0 Å². The first-order valence-corrected chi connectivity index (χ1v) is 12.4. The van der Waals surface area contributed by atoms with Gasteiger partial charge in [-0.3, -0.25) is 4.79 Å². The Bertz CT molecular complexity index is 1320. The van der Waals surface area contributed by atoms with Crippen LogP contribution in [0.15, 0.2) is 78.9 Å². The fourth-order valence-corrected chi connectivity index (χ4v) is 4.85. The van der Waals surface area contributed by atoms with E-state index in [1.54, 1.807) is 55.5 Å². The second-order valence-electron chi connectivity index (χ2n) is 7.41. The van der Waals surface area contributed by atoms with Gasteiger partial charge in [-0.1, -0.05) is 47.5 Å². The van der Waals surface area contributed by atoms with Crippen LogP contribution < -0.4 is 10.1 Å². The number of hydrogen-bond donors (Lipinski definition) is 1. The predicted octanol–water partition coefficient (Wildman–Crippen LogP) is 7.73. The quantitative estimate of drug-likeness (QED) is 0.239. The zero-order valence-corrected chi connectivity index (χ0v) is 21.0. The monoisotopic (exact) mass is 525 g/mol. The number of benzene rings is 3. The maximum atomic E-state index is 12.7. The Balaban J connectivity index is 1.54. The zero-order chi connectivity index (χ0) is 24.8. The van der Waals surface area contributed by atoms with Crippen LogP contribution in [0.4, 0.5) is 5.00 Å². The third-order valence-electron chi connectivity index (χ3n) is 5.07. The molecule has 35 heavy (non-hydrogen) atoms. The molecule has 0 aliphatic carbocycles. The normalized spacial score (nSPS) is 10.6. The fraction of sp³-hybridized carbons (Fsp3) is 0.111. The van der Waals surface area contributed by atoms with Crippen molar-refractivity contribution in [3.63, 3.8) is 0 Å². The van der Waals surface area contributed by atoms with Gasteiger partial charge in [0.25, 0.3) is 5.91 Å². The van der Waals surface area contributed by atoms with Crippen LogP contribution in [0.1, 0.15) is 33.2 Å². The number of carbonyl (C=O) groups excluding carboxylic acids is 2. The number of nitrogens with one attached hydrogen (secondary N) is 1. The number of esters is 1. The molecule has 0 spiro atoms. The average molecular weight is 526 g/mol. The van der Waals surface area contributed by atoms with Crippen molar-refractivity contribution < 1.29 is 19.1 Å². The summed E-state index contributed by atoms with van der Waals surface area (Å²) >= 11 is 13.7. The van der Waals surface area contributed by atoms with Crippen molar-refractivity contribution in [3.05, 3.63) is 106 Å². The number of halogens is 2. The van der Waals surface area contributed by atoms with Crippen LogP contribution in [0.5, 0.6) is 5.75 Å². The Morgan fingerprint density at radius 3 is 2.26 bits per heavy atom. The van der Waals surface area contributed by atoms with Gasteiger partial charge in [-0.2, -0.15) is 0 Å². The van der Waals surface area contributed by atoms with Gasteiger partial charge in [0, 0.05) is 26.0 Å². The lowest BCUT2D eigenvalue weighted by molar-refractivity contribution is 0.0528. The first-order chi connectivity index (χ1) is 17.0. The van der Waals surface area contributed by atoms with E-state index in [1.165, 1.54) is 11.3 Å². The lowest BCUT2D eigenvalue weighted by Gasteiger charge is -2.10. The predicted molar refractivity (Wildman–Crippen MR) is 141 cm³/mol. The number of anilines is 1. The number of hydrogen-bond acceptors (Lipinski definition) is 5. The van der Waals surface area contributed by atoms with Crippen molar-refractivity contribution in [2.24, 2.45) is 0 Å². The van der Waals surface area contributed by atoms with E-state index in [0.717, 1.165) is 16.0 Å². The van der Waals surface area contributed by atoms with Crippen LogP contribution in [-0.4, -0.2) is 18.5 Å². The van der Waals surface area contributed by atoms with Gasteiger partial charge in [0.1, 0.15) is 17.4 Å². The second kappa shape index (κ2) is 11.4. The van der Waals surface area contributed by atoms with Gasteiger partial charge < -0.3 is 14.8 Å². The molecule has 178 valence electrons. The molecule has 5 nitrogen and oxygen atoms in total. The summed E-state index contributed by atoms with van der Waals surface area (Å²) in [6.07, 6.45) is 0. The smallest absolute Gasteiger partial charge is 0.341 e. The zero-order valence-electron chi connectivity index (χ0n) is 18.7. The lowest BCUT2D eigenvalue weighted by atomic mass is 10.1. The molecule has 1 N–H and O–H groups in total. The highest BCUT2D eigenvalue weighted by Gasteiger charge is 2.20. The van der Waals surface area contributed by atoms with Gasteiger partial charge >= 0.3 is 5.97 Å². The summed E-state index contributed by atoms with van der Waals surface area (Å²) in [7, 11) is 0. The first kappa shape index (κ1) is 24.8. The molecule has 0 radical (unpaired) electrons. The average Bonchev–Trinajstić information content (AvgIpc) is 3.28. The van der Waals surface area contributed by atoms with Crippen molar-refractivity contribution in [1.29, 1.82) is 0 Å². The number of ether oxygens (including phenoxy) is 2. The first-order valence-electron chi connectivity index (χ1n) is 10.8. The molecule has 0 aliphatic heterocycles. The lowest BCUT2D eigenvalue weighted by Crippen LogP contribution is -2.14. The Labute approximate surface area is 217 Å². The van der Waals surface area contributed by atoms with Crippen LogP contribution in [0.3, 0.4) is 0 Å². The fourth-order valence-electron chi connectivity index (χ4n) is 3.29. The molecule has 0 saturated carbocycles. The summed E-state index contributed by atoms with van der Waals surface area (Å²) in [4.78, 5) is 26.0. The van der Waals surface area contributed by atoms with E-state index < -0.39 is 5.97 Å². The minimum atomic E-state index is -0.491. The molecule has 1 amide bonds. The summed E-state index contributed by atoms with van der Waals surface area (Å²) in [6.45, 7) is 2.21. The minimum Gasteiger partial charge on any atom is -0.489 e. The summed E-state index contributed by atoms with van der Waals surface area (Å²) in [5, 5.41) is 4.37. The van der Waals surface area contributed by atoms with Gasteiger partial charge in [-0.05, 0) is 67.1 Å². The molecule has 1 heterocycles. The molecule has 0 aliphatic rings. The standard InChI is InChI=1S/C27H21Cl2NO4S/c1-2-33-27(32)20-15-24(35-26(20)30-25(31)18-7-4-3-5-8-18)17-11-13-19(14-12-17)34-16-21-22(28)9-6-10-23(21)29/h3-15H,2,16H2,1H3,(H,30,31). The van der Waals surface area contributed by atoms with Gasteiger partial charge in [-0.15, -0.1) is 11.3 Å². The van der Waals surface area contributed by atoms with Gasteiger partial charge in [-0.25, -0.2) is 4.79 Å². The Hall–Kier alpha value is -3.32. The third-order valence-corrected chi connectivity index (χ3v) is 6.88. The molecular formula is C27H21Cl2NO4S. The number of amides is 1. The van der Waals surface area contributed by atoms with Crippen molar-refractivity contribution in [2.45, 2.75) is 13.5 Å². The summed E-state index contributed by atoms with van der Waals surface area (Å²) in [5.41, 5.74) is 2.39. The van der Waals surface area contributed by atoms with Gasteiger partial charge in [0.2, 0.25) is 0 Å². The van der Waals surface area contributed by atoms with E-state index in [-0.39, 0.29) is 19.1 Å². The van der Waals surface area contributed by atoms with E-state index in [2.05, 4.69) is 5.32 Å². The Morgan fingerprint density at radius 1 is 0.914 bits per heavy atom. The van der Waals surface area contributed by atoms with E-state index in [9.17, 15) is 9.59 Å². The largest absolute Gasteiger partial charge is 0.489 e. The molecule has 0 atom stereocenters. The summed E-state index contributed by atoms with van der Waals surface area (Å²) in [5.74, 6) is -0.147.